The van der Waals surface area contributed by atoms with Crippen LogP contribution in [0.1, 0.15) is 53.6 Å². The Morgan fingerprint density at radius 3 is 2.61 bits per heavy atom. The molecule has 9 nitrogen and oxygen atoms in total. The average molecular weight is 542 g/mol. The summed E-state index contributed by atoms with van der Waals surface area (Å²) in [4.78, 5) is 51.6. The third-order valence-corrected chi connectivity index (χ3v) is 8.55. The van der Waals surface area contributed by atoms with Gasteiger partial charge in [-0.05, 0) is 62.6 Å². The van der Waals surface area contributed by atoms with E-state index in [4.69, 9.17) is 9.15 Å². The second-order valence-electron chi connectivity index (χ2n) is 9.50. The third-order valence-electron chi connectivity index (χ3n) is 7.09. The lowest BCUT2D eigenvalue weighted by molar-refractivity contribution is -0.145. The zero-order valence-electron chi connectivity index (χ0n) is 21.0. The largest absolute Gasteiger partial charge is 0.467 e. The van der Waals surface area contributed by atoms with Crippen LogP contribution in [-0.2, 0) is 9.53 Å². The van der Waals surface area contributed by atoms with Gasteiger partial charge in [-0.2, -0.15) is 11.8 Å². The standard InChI is InChI=1S/C27H28FN3O6S/c1-14-10-11-18(37-14)21(19-9-5-13-38-19)30-23-22(24(32)25(23)33)29-16-7-3-6-15(20(16)28)26(34)31-12-4-8-17(31)27(35)36-2/h3,6-7,10-11,17,19,21,29-30H,4-5,8-9,12-13H2,1-2H3/t17-,19+,21-/m0/s1. The van der Waals surface area contributed by atoms with Crippen molar-refractivity contribution in [3.05, 3.63) is 73.7 Å². The Kier molecular flexibility index (Phi) is 7.29. The number of amides is 1. The number of nitrogens with one attached hydrogen (secondary N) is 2. The summed E-state index contributed by atoms with van der Waals surface area (Å²) in [5, 5.41) is 6.06. The predicted octanol–water partition coefficient (Wildman–Crippen LogP) is 3.89. The van der Waals surface area contributed by atoms with Crippen molar-refractivity contribution < 1.29 is 23.1 Å². The molecule has 200 valence electrons. The molecule has 2 aliphatic heterocycles. The molecule has 0 bridgehead atoms. The molecule has 3 aromatic rings. The van der Waals surface area contributed by atoms with Gasteiger partial charge in [0.15, 0.2) is 5.82 Å². The van der Waals surface area contributed by atoms with E-state index in [0.717, 1.165) is 24.4 Å². The Bertz CT molecular complexity index is 1440. The molecule has 38 heavy (non-hydrogen) atoms. The zero-order chi connectivity index (χ0) is 27.0. The minimum absolute atomic E-state index is 0.0583. The first-order valence-electron chi connectivity index (χ1n) is 12.5. The van der Waals surface area contributed by atoms with Crippen LogP contribution in [0.25, 0.3) is 0 Å². The van der Waals surface area contributed by atoms with E-state index in [1.54, 1.807) is 11.8 Å². The third kappa shape index (κ3) is 4.70. The van der Waals surface area contributed by atoms with Crippen LogP contribution >= 0.6 is 11.8 Å². The highest BCUT2D eigenvalue weighted by atomic mass is 32.2. The van der Waals surface area contributed by atoms with Crippen LogP contribution in [0.2, 0.25) is 0 Å². The zero-order valence-corrected chi connectivity index (χ0v) is 21.9. The van der Waals surface area contributed by atoms with Crippen molar-refractivity contribution in [2.75, 3.05) is 30.0 Å². The van der Waals surface area contributed by atoms with Crippen molar-refractivity contribution in [1.29, 1.82) is 0 Å². The van der Waals surface area contributed by atoms with E-state index in [9.17, 15) is 19.2 Å². The summed E-state index contributed by atoms with van der Waals surface area (Å²) in [5.41, 5.74) is -1.85. The molecule has 2 N–H and O–H groups in total. The number of esters is 1. The topological polar surface area (TPSA) is 118 Å². The number of rotatable bonds is 8. The molecule has 0 unspecified atom stereocenters. The van der Waals surface area contributed by atoms with Crippen molar-refractivity contribution in [1.82, 2.24) is 4.90 Å². The van der Waals surface area contributed by atoms with Crippen molar-refractivity contribution in [3.63, 3.8) is 0 Å². The normalized spacial score (nSPS) is 20.0. The van der Waals surface area contributed by atoms with Crippen LogP contribution in [0.15, 0.2) is 44.3 Å². The highest BCUT2D eigenvalue weighted by molar-refractivity contribution is 8.00. The number of thioether (sulfide) groups is 1. The van der Waals surface area contributed by atoms with Gasteiger partial charge in [-0.3, -0.25) is 14.4 Å². The predicted molar refractivity (Wildman–Crippen MR) is 142 cm³/mol. The molecule has 2 aromatic carbocycles. The minimum atomic E-state index is -0.878. The number of carbonyl (C=O) groups is 2. The number of furan rings is 1. The number of aryl methyl sites for hydroxylation is 1. The number of benzene rings is 1. The summed E-state index contributed by atoms with van der Waals surface area (Å²) in [5.74, 6) is 0.302. The van der Waals surface area contributed by atoms with E-state index in [1.165, 1.54) is 30.2 Å². The van der Waals surface area contributed by atoms with Crippen LogP contribution in [0.4, 0.5) is 21.5 Å². The van der Waals surface area contributed by atoms with Crippen LogP contribution in [0.5, 0.6) is 0 Å². The molecule has 11 heteroatoms. The van der Waals surface area contributed by atoms with Crippen LogP contribution < -0.4 is 21.5 Å². The lowest BCUT2D eigenvalue weighted by Gasteiger charge is -2.26. The van der Waals surface area contributed by atoms with Gasteiger partial charge in [-0.15, -0.1) is 0 Å². The van der Waals surface area contributed by atoms with E-state index in [-0.39, 0.29) is 33.9 Å². The van der Waals surface area contributed by atoms with Gasteiger partial charge >= 0.3 is 5.97 Å². The highest BCUT2D eigenvalue weighted by Gasteiger charge is 2.37. The first-order valence-corrected chi connectivity index (χ1v) is 13.6. The van der Waals surface area contributed by atoms with Crippen molar-refractivity contribution in [3.8, 4) is 0 Å². The summed E-state index contributed by atoms with van der Waals surface area (Å²) >= 11 is 1.76. The molecule has 1 amide bonds. The maximum absolute atomic E-state index is 15.6. The first-order chi connectivity index (χ1) is 18.3. The van der Waals surface area contributed by atoms with Gasteiger partial charge in [0.1, 0.15) is 28.9 Å². The molecule has 2 aliphatic rings. The fourth-order valence-corrected chi connectivity index (χ4v) is 6.48. The molecule has 0 aliphatic carbocycles. The lowest BCUT2D eigenvalue weighted by Crippen LogP contribution is -2.41. The Balaban J connectivity index is 1.41. The summed E-state index contributed by atoms with van der Waals surface area (Å²) < 4.78 is 26.2. The van der Waals surface area contributed by atoms with Crippen molar-refractivity contribution in [2.24, 2.45) is 0 Å². The number of hydrogen-bond acceptors (Lipinski definition) is 9. The molecular weight excluding hydrogens is 513 g/mol. The average Bonchev–Trinajstić information content (AvgIpc) is 3.70. The number of anilines is 3. The second kappa shape index (κ2) is 10.6. The number of ether oxygens (including phenoxy) is 1. The Morgan fingerprint density at radius 2 is 1.92 bits per heavy atom. The number of hydrogen-bond donors (Lipinski definition) is 2. The number of likely N-dealkylation sites (tertiary alicyclic amines) is 1. The molecular formula is C27H28FN3O6S. The van der Waals surface area contributed by atoms with Crippen LogP contribution in [-0.4, -0.2) is 47.5 Å². The molecule has 2 saturated heterocycles. The summed E-state index contributed by atoms with van der Waals surface area (Å²) in [7, 11) is 1.24. The molecule has 2 fully saturated rings. The molecule has 3 heterocycles. The summed E-state index contributed by atoms with van der Waals surface area (Å²) in [6.45, 7) is 2.13. The van der Waals surface area contributed by atoms with Gasteiger partial charge in [-0.1, -0.05) is 6.07 Å². The molecule has 1 aromatic heterocycles. The van der Waals surface area contributed by atoms with Crippen LogP contribution in [0.3, 0.4) is 0 Å². The fourth-order valence-electron chi connectivity index (χ4n) is 5.11. The SMILES string of the molecule is COC(=O)[C@@H]1CCCN1C(=O)c1cccc(Nc2c(N[C@@H](c3ccc(C)o3)[C@H]3CCCS3)c(=O)c2=O)c1F. The summed E-state index contributed by atoms with van der Waals surface area (Å²) in [6, 6.07) is 6.75. The van der Waals surface area contributed by atoms with E-state index in [2.05, 4.69) is 10.6 Å². The molecule has 0 radical (unpaired) electrons. The van der Waals surface area contributed by atoms with Gasteiger partial charge < -0.3 is 24.7 Å². The Labute approximate surface area is 222 Å². The molecule has 0 spiro atoms. The summed E-state index contributed by atoms with van der Waals surface area (Å²) in [6.07, 6.45) is 2.98. The van der Waals surface area contributed by atoms with Gasteiger partial charge in [0.05, 0.1) is 24.4 Å². The number of methoxy groups -OCH3 is 1. The highest BCUT2D eigenvalue weighted by Crippen LogP contribution is 2.39. The molecule has 3 atom stereocenters. The maximum Gasteiger partial charge on any atom is 0.328 e. The number of halogens is 1. The maximum atomic E-state index is 15.6. The smallest absolute Gasteiger partial charge is 0.328 e. The second-order valence-corrected chi connectivity index (χ2v) is 10.8. The van der Waals surface area contributed by atoms with Crippen molar-refractivity contribution >= 4 is 40.7 Å². The van der Waals surface area contributed by atoms with Crippen molar-refractivity contribution in [2.45, 2.75) is 49.9 Å². The molecule has 5 rings (SSSR count). The van der Waals surface area contributed by atoms with Gasteiger partial charge in [-0.25, -0.2) is 9.18 Å². The quantitative estimate of drug-likeness (QED) is 0.323. The van der Waals surface area contributed by atoms with E-state index in [1.807, 2.05) is 19.1 Å². The number of carbonyl (C=O) groups excluding carboxylic acids is 2. The lowest BCUT2D eigenvalue weighted by atomic mass is 10.0. The Morgan fingerprint density at radius 1 is 1.13 bits per heavy atom. The molecule has 0 saturated carbocycles. The van der Waals surface area contributed by atoms with Gasteiger partial charge in [0.25, 0.3) is 16.8 Å². The van der Waals surface area contributed by atoms with E-state index < -0.39 is 34.6 Å². The number of nitrogens with zero attached hydrogens (tertiary/aromatic N) is 1. The van der Waals surface area contributed by atoms with Gasteiger partial charge in [0, 0.05) is 11.8 Å². The minimum Gasteiger partial charge on any atom is -0.467 e. The van der Waals surface area contributed by atoms with E-state index >= 15 is 4.39 Å². The Hall–Kier alpha value is -3.60. The fraction of sp³-hybridized carbons (Fsp3) is 0.407. The monoisotopic (exact) mass is 541 g/mol. The van der Waals surface area contributed by atoms with Crippen LogP contribution in [0, 0.1) is 12.7 Å². The van der Waals surface area contributed by atoms with E-state index in [0.29, 0.717) is 25.1 Å². The first kappa shape index (κ1) is 26.0. The van der Waals surface area contributed by atoms with Gasteiger partial charge in [0.2, 0.25) is 0 Å².